The van der Waals surface area contributed by atoms with Crippen molar-refractivity contribution < 1.29 is 4.74 Å². The molecule has 4 aliphatic rings. The first-order chi connectivity index (χ1) is 12.6. The molecule has 1 heteroatoms. The van der Waals surface area contributed by atoms with E-state index in [0.29, 0.717) is 16.9 Å². The van der Waals surface area contributed by atoms with Crippen molar-refractivity contribution in [3.8, 4) is 5.75 Å². The summed E-state index contributed by atoms with van der Waals surface area (Å²) in [6.07, 6.45) is 14.9. The molecule has 0 N–H and O–H groups in total. The molecule has 0 spiro atoms. The maximum absolute atomic E-state index is 6.56. The van der Waals surface area contributed by atoms with Crippen LogP contribution in [0.1, 0.15) is 78.1 Å². The van der Waals surface area contributed by atoms with Crippen LogP contribution in [0.25, 0.3) is 0 Å². The van der Waals surface area contributed by atoms with Gasteiger partial charge in [-0.3, -0.25) is 0 Å². The van der Waals surface area contributed by atoms with Crippen molar-refractivity contribution in [3.63, 3.8) is 0 Å². The monoisotopic (exact) mass is 352 g/mol. The van der Waals surface area contributed by atoms with Gasteiger partial charge in [0.1, 0.15) is 11.9 Å². The summed E-state index contributed by atoms with van der Waals surface area (Å²) in [6, 6.07) is 10.6. The Morgan fingerprint density at radius 2 is 1.58 bits per heavy atom. The maximum atomic E-state index is 6.56. The standard InChI is InChI=1S/C25H36O/c1-24-16-7-6-8-18(24)11-12-20-21-13-14-23(25(21,2)17-15-22(20)24)26-19-9-4-3-5-10-19/h3-5,9-10,18,20-23H,6-8,11-17H2,1-2H3/t18?,20-,21-,22+,23?,24-,25-/m0/s1. The third kappa shape index (κ3) is 2.49. The molecule has 1 aromatic rings. The largest absolute Gasteiger partial charge is 0.490 e. The van der Waals surface area contributed by atoms with E-state index in [1.807, 2.05) is 0 Å². The molecule has 5 rings (SSSR count). The Labute approximate surface area is 159 Å². The molecule has 2 unspecified atom stereocenters. The lowest BCUT2D eigenvalue weighted by molar-refractivity contribution is -0.117. The fourth-order valence-corrected chi connectivity index (χ4v) is 8.10. The zero-order valence-electron chi connectivity index (χ0n) is 16.8. The van der Waals surface area contributed by atoms with Gasteiger partial charge < -0.3 is 4.74 Å². The minimum atomic E-state index is 0.398. The molecule has 7 atom stereocenters. The summed E-state index contributed by atoms with van der Waals surface area (Å²) < 4.78 is 6.56. The van der Waals surface area contributed by atoms with Crippen LogP contribution >= 0.6 is 0 Å². The van der Waals surface area contributed by atoms with Gasteiger partial charge in [-0.25, -0.2) is 0 Å². The Kier molecular flexibility index (Phi) is 4.14. The number of para-hydroxylation sites is 1. The van der Waals surface area contributed by atoms with Crippen LogP contribution in [-0.4, -0.2) is 6.10 Å². The van der Waals surface area contributed by atoms with Crippen molar-refractivity contribution in [1.29, 1.82) is 0 Å². The molecule has 0 bridgehead atoms. The highest BCUT2D eigenvalue weighted by Crippen LogP contribution is 2.66. The number of ether oxygens (including phenoxy) is 1. The van der Waals surface area contributed by atoms with Crippen LogP contribution < -0.4 is 4.74 Å². The van der Waals surface area contributed by atoms with Gasteiger partial charge in [0, 0.05) is 5.41 Å². The van der Waals surface area contributed by atoms with Gasteiger partial charge in [0.15, 0.2) is 0 Å². The summed E-state index contributed by atoms with van der Waals surface area (Å²) in [7, 11) is 0. The summed E-state index contributed by atoms with van der Waals surface area (Å²) in [5.41, 5.74) is 1.05. The van der Waals surface area contributed by atoms with Gasteiger partial charge in [-0.1, -0.05) is 44.9 Å². The van der Waals surface area contributed by atoms with Crippen molar-refractivity contribution in [2.45, 2.75) is 84.2 Å². The molecule has 1 aromatic carbocycles. The third-order valence-electron chi connectivity index (χ3n) is 9.52. The highest BCUT2D eigenvalue weighted by Gasteiger charge is 2.60. The van der Waals surface area contributed by atoms with Gasteiger partial charge >= 0.3 is 0 Å². The maximum Gasteiger partial charge on any atom is 0.119 e. The van der Waals surface area contributed by atoms with E-state index in [9.17, 15) is 0 Å². The van der Waals surface area contributed by atoms with Gasteiger partial charge in [-0.15, -0.1) is 0 Å². The molecular formula is C25H36O. The van der Waals surface area contributed by atoms with Crippen LogP contribution in [0.5, 0.6) is 5.75 Å². The molecule has 142 valence electrons. The summed E-state index contributed by atoms with van der Waals surface area (Å²) in [5, 5.41) is 0. The molecule has 1 nitrogen and oxygen atoms in total. The highest BCUT2D eigenvalue weighted by molar-refractivity contribution is 5.22. The van der Waals surface area contributed by atoms with Gasteiger partial charge in [0.25, 0.3) is 0 Å². The van der Waals surface area contributed by atoms with E-state index in [2.05, 4.69) is 44.2 Å². The van der Waals surface area contributed by atoms with Crippen molar-refractivity contribution in [2.75, 3.05) is 0 Å². The molecule has 4 aliphatic carbocycles. The average molecular weight is 353 g/mol. The second-order valence-electron chi connectivity index (χ2n) is 10.4. The molecule has 0 heterocycles. The lowest BCUT2D eigenvalue weighted by atomic mass is 9.45. The van der Waals surface area contributed by atoms with Crippen LogP contribution in [0.4, 0.5) is 0 Å². The first-order valence-corrected chi connectivity index (χ1v) is 11.3. The lowest BCUT2D eigenvalue weighted by Gasteiger charge is -2.60. The van der Waals surface area contributed by atoms with E-state index in [-0.39, 0.29) is 0 Å². The van der Waals surface area contributed by atoms with Crippen LogP contribution in [0.2, 0.25) is 0 Å². The first kappa shape index (κ1) is 17.1. The molecule has 0 radical (unpaired) electrons. The van der Waals surface area contributed by atoms with Crippen LogP contribution in [0.3, 0.4) is 0 Å². The summed E-state index contributed by atoms with van der Waals surface area (Å²) in [6.45, 7) is 5.26. The van der Waals surface area contributed by atoms with E-state index in [1.54, 1.807) is 0 Å². The SMILES string of the molecule is C[C@]12CCCCC1CC[C@@H]1[C@H]2CC[C@]2(C)C(Oc3ccccc3)CC[C@@H]12. The predicted octanol–water partition coefficient (Wildman–Crippen LogP) is 6.87. The number of rotatable bonds is 2. The molecule has 0 amide bonds. The van der Waals surface area contributed by atoms with E-state index in [0.717, 1.165) is 29.4 Å². The van der Waals surface area contributed by atoms with Gasteiger partial charge in [0.2, 0.25) is 0 Å². The summed E-state index contributed by atoms with van der Waals surface area (Å²) in [5.74, 6) is 4.96. The average Bonchev–Trinajstić information content (AvgIpc) is 2.98. The molecule has 0 aliphatic heterocycles. The Balaban J connectivity index is 1.38. The summed E-state index contributed by atoms with van der Waals surface area (Å²) in [4.78, 5) is 0. The van der Waals surface area contributed by atoms with E-state index >= 15 is 0 Å². The lowest BCUT2D eigenvalue weighted by Crippen LogP contribution is -2.53. The van der Waals surface area contributed by atoms with Gasteiger partial charge in [0.05, 0.1) is 0 Å². The smallest absolute Gasteiger partial charge is 0.119 e. The normalized spacial score (nSPS) is 47.5. The zero-order chi connectivity index (χ0) is 17.8. The predicted molar refractivity (Wildman–Crippen MR) is 107 cm³/mol. The Morgan fingerprint density at radius 3 is 2.42 bits per heavy atom. The fourth-order valence-electron chi connectivity index (χ4n) is 8.10. The highest BCUT2D eigenvalue weighted by atomic mass is 16.5. The second-order valence-corrected chi connectivity index (χ2v) is 10.4. The Morgan fingerprint density at radius 1 is 0.769 bits per heavy atom. The Hall–Kier alpha value is -0.980. The number of hydrogen-bond acceptors (Lipinski definition) is 1. The zero-order valence-corrected chi connectivity index (χ0v) is 16.8. The Bertz CT molecular complexity index is 639. The van der Waals surface area contributed by atoms with Crippen molar-refractivity contribution >= 4 is 0 Å². The molecular weight excluding hydrogens is 316 g/mol. The third-order valence-corrected chi connectivity index (χ3v) is 9.52. The molecule has 26 heavy (non-hydrogen) atoms. The molecule has 4 saturated carbocycles. The van der Waals surface area contributed by atoms with E-state index in [4.69, 9.17) is 4.74 Å². The van der Waals surface area contributed by atoms with Gasteiger partial charge in [-0.05, 0) is 92.6 Å². The van der Waals surface area contributed by atoms with Crippen LogP contribution in [0, 0.1) is 34.5 Å². The van der Waals surface area contributed by atoms with E-state index < -0.39 is 0 Å². The fraction of sp³-hybridized carbons (Fsp3) is 0.760. The molecule has 4 fully saturated rings. The van der Waals surface area contributed by atoms with Crippen molar-refractivity contribution in [3.05, 3.63) is 30.3 Å². The number of fused-ring (bicyclic) bond motifs is 5. The summed E-state index contributed by atoms with van der Waals surface area (Å²) >= 11 is 0. The molecule has 0 saturated heterocycles. The van der Waals surface area contributed by atoms with Crippen LogP contribution in [-0.2, 0) is 0 Å². The second kappa shape index (κ2) is 6.28. The first-order valence-electron chi connectivity index (χ1n) is 11.3. The minimum Gasteiger partial charge on any atom is -0.490 e. The van der Waals surface area contributed by atoms with E-state index in [1.165, 1.54) is 64.2 Å². The van der Waals surface area contributed by atoms with Crippen molar-refractivity contribution in [1.82, 2.24) is 0 Å². The van der Waals surface area contributed by atoms with Crippen LogP contribution in [0.15, 0.2) is 30.3 Å². The van der Waals surface area contributed by atoms with Crippen molar-refractivity contribution in [2.24, 2.45) is 34.5 Å². The topological polar surface area (TPSA) is 9.23 Å². The number of hydrogen-bond donors (Lipinski definition) is 0. The quantitative estimate of drug-likeness (QED) is 0.564. The number of benzene rings is 1. The molecule has 0 aromatic heterocycles. The minimum absolute atomic E-state index is 0.398. The van der Waals surface area contributed by atoms with Gasteiger partial charge in [-0.2, -0.15) is 0 Å².